The standard InChI is InChI=1S/C31H29F3N6OS/c1-19-12-30(13-19,29-37-36-18-38(29)2)23-5-3-4-21(11-23)24-14-35-27-25(31(32,33)34)10-20(16-40(27)28(24)41)15-39-8-6-26-22(17-39)7-9-42-26/h3-5,7,9-11,14,16,18-19H,6,8,12-13,15,17H2,1-2H3. The van der Waals surface area contributed by atoms with Crippen LogP contribution in [-0.4, -0.2) is 35.6 Å². The third-order valence-electron chi connectivity index (χ3n) is 8.72. The van der Waals surface area contributed by atoms with Crippen molar-refractivity contribution in [3.8, 4) is 11.1 Å². The van der Waals surface area contributed by atoms with Gasteiger partial charge in [0.15, 0.2) is 5.65 Å². The second kappa shape index (κ2) is 9.88. The van der Waals surface area contributed by atoms with E-state index in [1.54, 1.807) is 17.7 Å². The first-order chi connectivity index (χ1) is 20.1. The summed E-state index contributed by atoms with van der Waals surface area (Å²) in [7, 11) is 1.92. The predicted molar refractivity (Wildman–Crippen MR) is 154 cm³/mol. The second-order valence-electron chi connectivity index (χ2n) is 11.7. The van der Waals surface area contributed by atoms with Crippen LogP contribution in [0.25, 0.3) is 16.8 Å². The number of hydrogen-bond acceptors (Lipinski definition) is 6. The summed E-state index contributed by atoms with van der Waals surface area (Å²) in [4.78, 5) is 21.5. The van der Waals surface area contributed by atoms with Gasteiger partial charge in [0.2, 0.25) is 0 Å². The topological polar surface area (TPSA) is 68.3 Å². The Morgan fingerprint density at radius 1 is 1.17 bits per heavy atom. The Bertz CT molecular complexity index is 1870. The highest BCUT2D eigenvalue weighted by atomic mass is 32.1. The van der Waals surface area contributed by atoms with Crippen LogP contribution in [0.5, 0.6) is 0 Å². The van der Waals surface area contributed by atoms with Crippen LogP contribution in [0.2, 0.25) is 0 Å². The molecule has 0 spiro atoms. The number of hydrogen-bond donors (Lipinski definition) is 0. The lowest BCUT2D eigenvalue weighted by Crippen LogP contribution is -2.43. The Labute approximate surface area is 244 Å². The summed E-state index contributed by atoms with van der Waals surface area (Å²) in [6.07, 6.45) is 2.46. The third kappa shape index (κ3) is 4.46. The summed E-state index contributed by atoms with van der Waals surface area (Å²) in [5, 5.41) is 10.5. The number of alkyl halides is 3. The van der Waals surface area contributed by atoms with E-state index in [4.69, 9.17) is 0 Å². The molecule has 216 valence electrons. The van der Waals surface area contributed by atoms with Gasteiger partial charge in [0.05, 0.1) is 16.5 Å². The quantitative estimate of drug-likeness (QED) is 0.257. The maximum Gasteiger partial charge on any atom is 0.419 e. The molecule has 0 radical (unpaired) electrons. The maximum absolute atomic E-state index is 14.2. The summed E-state index contributed by atoms with van der Waals surface area (Å²) in [5.74, 6) is 1.36. The zero-order valence-corrected chi connectivity index (χ0v) is 24.0. The molecule has 11 heteroatoms. The Morgan fingerprint density at radius 3 is 2.74 bits per heavy atom. The van der Waals surface area contributed by atoms with Crippen LogP contribution in [0, 0.1) is 5.92 Å². The van der Waals surface area contributed by atoms with E-state index in [9.17, 15) is 18.0 Å². The Balaban J connectivity index is 1.30. The van der Waals surface area contributed by atoms with Crippen LogP contribution in [0.3, 0.4) is 0 Å². The van der Waals surface area contributed by atoms with Gasteiger partial charge in [-0.2, -0.15) is 13.2 Å². The number of aryl methyl sites for hydroxylation is 1. The number of rotatable bonds is 5. The van der Waals surface area contributed by atoms with Gasteiger partial charge in [0, 0.05) is 44.0 Å². The molecule has 1 aliphatic carbocycles. The van der Waals surface area contributed by atoms with Crippen molar-refractivity contribution in [2.45, 2.75) is 50.9 Å². The van der Waals surface area contributed by atoms with Crippen molar-refractivity contribution in [2.75, 3.05) is 6.54 Å². The largest absolute Gasteiger partial charge is 0.419 e. The number of halogens is 3. The minimum Gasteiger partial charge on any atom is -0.320 e. The fourth-order valence-electron chi connectivity index (χ4n) is 6.81. The van der Waals surface area contributed by atoms with E-state index in [1.807, 2.05) is 41.3 Å². The minimum atomic E-state index is -4.66. The fraction of sp³-hybridized carbons (Fsp3) is 0.355. The number of benzene rings is 1. The lowest BCUT2D eigenvalue weighted by molar-refractivity contribution is -0.136. The van der Waals surface area contributed by atoms with E-state index in [0.717, 1.165) is 47.7 Å². The van der Waals surface area contributed by atoms with Crippen LogP contribution < -0.4 is 5.56 Å². The molecule has 0 unspecified atom stereocenters. The van der Waals surface area contributed by atoms with Crippen molar-refractivity contribution >= 4 is 17.0 Å². The first-order valence-corrected chi connectivity index (χ1v) is 14.8. The smallest absolute Gasteiger partial charge is 0.320 e. The summed E-state index contributed by atoms with van der Waals surface area (Å²) in [6, 6.07) is 10.9. The average Bonchev–Trinajstić information content (AvgIpc) is 3.59. The number of nitrogens with zero attached hydrogens (tertiary/aromatic N) is 6. The summed E-state index contributed by atoms with van der Waals surface area (Å²) in [5.41, 5.74) is 1.33. The van der Waals surface area contributed by atoms with E-state index < -0.39 is 22.9 Å². The maximum atomic E-state index is 14.2. The Hall–Kier alpha value is -3.83. The Kier molecular flexibility index (Phi) is 6.36. The molecule has 0 saturated heterocycles. The number of fused-ring (bicyclic) bond motifs is 2. The molecule has 0 atom stereocenters. The number of thiophene rings is 1. The lowest BCUT2D eigenvalue weighted by Gasteiger charge is -2.46. The van der Waals surface area contributed by atoms with Gasteiger partial charge in [0.1, 0.15) is 12.2 Å². The van der Waals surface area contributed by atoms with Gasteiger partial charge >= 0.3 is 6.18 Å². The van der Waals surface area contributed by atoms with Crippen molar-refractivity contribution in [3.05, 3.63) is 104 Å². The zero-order valence-electron chi connectivity index (χ0n) is 23.2. The molecule has 2 aliphatic rings. The van der Waals surface area contributed by atoms with Gasteiger partial charge in [-0.1, -0.05) is 25.1 Å². The van der Waals surface area contributed by atoms with Crippen LogP contribution in [0.1, 0.15) is 52.7 Å². The highest BCUT2D eigenvalue weighted by Crippen LogP contribution is 2.51. The number of aromatic nitrogens is 5. The SMILES string of the molecule is CC1CC(c2cccc(-c3cnc4c(C(F)(F)F)cc(CN5CCc6sccc6C5)cn4c3=O)c2)(c2nncn2C)C1. The molecule has 0 N–H and O–H groups in total. The van der Waals surface area contributed by atoms with E-state index in [-0.39, 0.29) is 11.0 Å². The van der Waals surface area contributed by atoms with Crippen LogP contribution in [0.4, 0.5) is 13.2 Å². The molecular weight excluding hydrogens is 561 g/mol. The molecule has 1 aromatic carbocycles. The molecule has 7 rings (SSSR count). The minimum absolute atomic E-state index is 0.251. The molecule has 1 aliphatic heterocycles. The van der Waals surface area contributed by atoms with Gasteiger partial charge in [-0.05, 0) is 71.0 Å². The summed E-state index contributed by atoms with van der Waals surface area (Å²) in [6.45, 7) is 3.92. The van der Waals surface area contributed by atoms with Gasteiger partial charge in [-0.25, -0.2) is 4.98 Å². The van der Waals surface area contributed by atoms with Gasteiger partial charge in [0.25, 0.3) is 5.56 Å². The zero-order chi connectivity index (χ0) is 29.2. The molecule has 1 fully saturated rings. The predicted octanol–water partition coefficient (Wildman–Crippen LogP) is 5.84. The normalized spacial score (nSPS) is 20.9. The van der Waals surface area contributed by atoms with Crippen molar-refractivity contribution in [3.63, 3.8) is 0 Å². The van der Waals surface area contributed by atoms with Gasteiger partial charge < -0.3 is 4.57 Å². The molecule has 0 bridgehead atoms. The molecular formula is C31H29F3N6OS. The molecule has 42 heavy (non-hydrogen) atoms. The lowest BCUT2D eigenvalue weighted by atomic mass is 9.58. The number of pyridine rings is 1. The summed E-state index contributed by atoms with van der Waals surface area (Å²) < 4.78 is 45.7. The van der Waals surface area contributed by atoms with E-state index in [2.05, 4.69) is 33.1 Å². The molecule has 4 aromatic heterocycles. The molecule has 5 aromatic rings. The van der Waals surface area contributed by atoms with Crippen molar-refractivity contribution in [2.24, 2.45) is 13.0 Å². The molecule has 1 saturated carbocycles. The fourth-order valence-corrected chi connectivity index (χ4v) is 7.70. The van der Waals surface area contributed by atoms with Crippen molar-refractivity contribution in [1.29, 1.82) is 0 Å². The van der Waals surface area contributed by atoms with Gasteiger partial charge in [-0.3, -0.25) is 14.1 Å². The van der Waals surface area contributed by atoms with Gasteiger partial charge in [-0.15, -0.1) is 21.5 Å². The molecule has 7 nitrogen and oxygen atoms in total. The Morgan fingerprint density at radius 2 is 2.00 bits per heavy atom. The van der Waals surface area contributed by atoms with E-state index >= 15 is 0 Å². The highest BCUT2D eigenvalue weighted by Gasteiger charge is 2.48. The van der Waals surface area contributed by atoms with E-state index in [1.165, 1.54) is 22.8 Å². The van der Waals surface area contributed by atoms with Crippen LogP contribution in [0.15, 0.2) is 65.3 Å². The van der Waals surface area contributed by atoms with Crippen molar-refractivity contribution in [1.82, 2.24) is 29.0 Å². The first kappa shape index (κ1) is 27.0. The summed E-state index contributed by atoms with van der Waals surface area (Å²) >= 11 is 1.71. The first-order valence-electron chi connectivity index (χ1n) is 14.0. The highest BCUT2D eigenvalue weighted by molar-refractivity contribution is 7.10. The van der Waals surface area contributed by atoms with Crippen LogP contribution in [-0.2, 0) is 38.1 Å². The average molecular weight is 591 g/mol. The monoisotopic (exact) mass is 590 g/mol. The second-order valence-corrected chi connectivity index (χ2v) is 12.7. The molecule has 5 heterocycles. The molecule has 0 amide bonds. The van der Waals surface area contributed by atoms with E-state index in [0.29, 0.717) is 30.1 Å². The van der Waals surface area contributed by atoms with Crippen molar-refractivity contribution < 1.29 is 13.2 Å². The van der Waals surface area contributed by atoms with Crippen LogP contribution >= 0.6 is 11.3 Å². The third-order valence-corrected chi connectivity index (χ3v) is 9.74.